The molecular formula is C15H21NO4S. The van der Waals surface area contributed by atoms with Gasteiger partial charge in [0.2, 0.25) is 10.0 Å². The summed E-state index contributed by atoms with van der Waals surface area (Å²) in [7, 11) is -3.69. The normalized spacial score (nSPS) is 23.0. The number of rotatable bonds is 4. The minimum Gasteiger partial charge on any atom is -0.481 e. The maximum absolute atomic E-state index is 12.5. The van der Waals surface area contributed by atoms with E-state index in [-0.39, 0.29) is 4.90 Å². The molecule has 6 heteroatoms. The Morgan fingerprint density at radius 1 is 1.24 bits per heavy atom. The van der Waals surface area contributed by atoms with Crippen LogP contribution in [-0.2, 0) is 14.8 Å². The second-order valence-corrected chi connectivity index (χ2v) is 7.41. The summed E-state index contributed by atoms with van der Waals surface area (Å²) in [4.78, 5) is 11.5. The van der Waals surface area contributed by atoms with Crippen LogP contribution < -0.4 is 4.72 Å². The van der Waals surface area contributed by atoms with Crippen LogP contribution in [0.1, 0.15) is 36.8 Å². The van der Waals surface area contributed by atoms with E-state index in [4.69, 9.17) is 0 Å². The van der Waals surface area contributed by atoms with Crippen LogP contribution in [0.15, 0.2) is 23.1 Å². The van der Waals surface area contributed by atoms with E-state index >= 15 is 0 Å². The Balaban J connectivity index is 2.25. The molecule has 0 aliphatic heterocycles. The number of carbonyl (C=O) groups is 1. The summed E-state index contributed by atoms with van der Waals surface area (Å²) in [6.07, 6.45) is 2.78. The number of carboxylic acid groups (broad SMARTS) is 1. The van der Waals surface area contributed by atoms with Crippen molar-refractivity contribution in [3.05, 3.63) is 29.3 Å². The van der Waals surface area contributed by atoms with Gasteiger partial charge in [-0.3, -0.25) is 4.79 Å². The zero-order chi connectivity index (χ0) is 15.6. The van der Waals surface area contributed by atoms with Crippen molar-refractivity contribution in [1.82, 2.24) is 4.72 Å². The smallest absolute Gasteiger partial charge is 0.308 e. The Morgan fingerprint density at radius 3 is 2.52 bits per heavy atom. The molecule has 1 aromatic carbocycles. The van der Waals surface area contributed by atoms with Gasteiger partial charge in [0.1, 0.15) is 0 Å². The summed E-state index contributed by atoms with van der Waals surface area (Å²) in [5, 5.41) is 9.23. The minimum atomic E-state index is -3.69. The van der Waals surface area contributed by atoms with Gasteiger partial charge in [-0.2, -0.15) is 0 Å². The van der Waals surface area contributed by atoms with Crippen molar-refractivity contribution >= 4 is 16.0 Å². The highest BCUT2D eigenvalue weighted by Crippen LogP contribution is 2.27. The number of hydrogen-bond donors (Lipinski definition) is 2. The van der Waals surface area contributed by atoms with Crippen LogP contribution in [0, 0.1) is 19.8 Å². The number of sulfonamides is 1. The van der Waals surface area contributed by atoms with Gasteiger partial charge in [-0.25, -0.2) is 13.1 Å². The third-order valence-corrected chi connectivity index (χ3v) is 5.66. The summed E-state index contributed by atoms with van der Waals surface area (Å²) in [5.41, 5.74) is 1.66. The molecule has 0 amide bonds. The van der Waals surface area contributed by atoms with E-state index in [1.165, 1.54) is 0 Å². The van der Waals surface area contributed by atoms with Crippen molar-refractivity contribution in [3.8, 4) is 0 Å². The van der Waals surface area contributed by atoms with Gasteiger partial charge in [-0.05, 0) is 38.3 Å². The zero-order valence-electron chi connectivity index (χ0n) is 12.3. The molecular weight excluding hydrogens is 290 g/mol. The molecule has 5 nitrogen and oxygen atoms in total. The van der Waals surface area contributed by atoms with Gasteiger partial charge in [0.15, 0.2) is 0 Å². The fourth-order valence-electron chi connectivity index (χ4n) is 2.93. The molecule has 0 saturated heterocycles. The average molecular weight is 311 g/mol. The number of nitrogens with one attached hydrogen (secondary N) is 1. The summed E-state index contributed by atoms with van der Waals surface area (Å²) >= 11 is 0. The van der Waals surface area contributed by atoms with Crippen LogP contribution in [0.3, 0.4) is 0 Å². The van der Waals surface area contributed by atoms with Gasteiger partial charge in [-0.15, -0.1) is 0 Å². The van der Waals surface area contributed by atoms with Crippen LogP contribution in [0.2, 0.25) is 0 Å². The number of carboxylic acids is 1. The van der Waals surface area contributed by atoms with Gasteiger partial charge < -0.3 is 5.11 Å². The van der Waals surface area contributed by atoms with Gasteiger partial charge in [0, 0.05) is 6.04 Å². The van der Waals surface area contributed by atoms with E-state index in [0.717, 1.165) is 18.4 Å². The lowest BCUT2D eigenvalue weighted by atomic mass is 9.85. The average Bonchev–Trinajstić information content (AvgIpc) is 2.37. The second kappa shape index (κ2) is 6.15. The Kier molecular flexibility index (Phi) is 4.68. The molecule has 2 atom stereocenters. The molecule has 0 heterocycles. The predicted molar refractivity (Wildman–Crippen MR) is 79.6 cm³/mol. The summed E-state index contributed by atoms with van der Waals surface area (Å²) in [5.74, 6) is -1.57. The number of aliphatic carboxylic acids is 1. The maximum atomic E-state index is 12.5. The molecule has 0 bridgehead atoms. The molecule has 2 N–H and O–H groups in total. The second-order valence-electron chi connectivity index (χ2n) is 5.73. The highest BCUT2D eigenvalue weighted by atomic mass is 32.2. The Hall–Kier alpha value is -1.40. The van der Waals surface area contributed by atoms with Crippen molar-refractivity contribution in [2.45, 2.75) is 50.5 Å². The van der Waals surface area contributed by atoms with Crippen LogP contribution >= 0.6 is 0 Å². The summed E-state index contributed by atoms with van der Waals surface area (Å²) in [6, 6.07) is 4.61. The number of hydrogen-bond acceptors (Lipinski definition) is 3. The molecule has 1 fully saturated rings. The lowest BCUT2D eigenvalue weighted by molar-refractivity contribution is -0.143. The molecule has 21 heavy (non-hydrogen) atoms. The quantitative estimate of drug-likeness (QED) is 0.893. The van der Waals surface area contributed by atoms with Crippen molar-refractivity contribution in [1.29, 1.82) is 0 Å². The topological polar surface area (TPSA) is 83.5 Å². The third-order valence-electron chi connectivity index (χ3n) is 4.01. The molecule has 1 saturated carbocycles. The van der Waals surface area contributed by atoms with E-state index in [2.05, 4.69) is 4.72 Å². The van der Waals surface area contributed by atoms with Crippen LogP contribution in [0.25, 0.3) is 0 Å². The van der Waals surface area contributed by atoms with Crippen LogP contribution in [0.5, 0.6) is 0 Å². The van der Waals surface area contributed by atoms with Gasteiger partial charge in [-0.1, -0.05) is 30.5 Å². The lowest BCUT2D eigenvalue weighted by Gasteiger charge is -2.29. The van der Waals surface area contributed by atoms with Gasteiger partial charge in [0.25, 0.3) is 0 Å². The fraction of sp³-hybridized carbons (Fsp3) is 0.533. The first-order chi connectivity index (χ1) is 9.81. The Labute approximate surface area is 125 Å². The van der Waals surface area contributed by atoms with Crippen molar-refractivity contribution in [2.75, 3.05) is 0 Å². The summed E-state index contributed by atoms with van der Waals surface area (Å²) in [6.45, 7) is 3.65. The van der Waals surface area contributed by atoms with E-state index in [1.54, 1.807) is 19.1 Å². The predicted octanol–water partition coefficient (Wildman–Crippen LogP) is 2.23. The first-order valence-electron chi connectivity index (χ1n) is 7.13. The van der Waals surface area contributed by atoms with Crippen molar-refractivity contribution in [3.63, 3.8) is 0 Å². The maximum Gasteiger partial charge on any atom is 0.308 e. The monoisotopic (exact) mass is 311 g/mol. The number of benzene rings is 1. The molecule has 1 aliphatic rings. The molecule has 1 aromatic rings. The van der Waals surface area contributed by atoms with Crippen LogP contribution in [0.4, 0.5) is 0 Å². The zero-order valence-corrected chi connectivity index (χ0v) is 13.1. The molecule has 0 radical (unpaired) electrons. The first-order valence-corrected chi connectivity index (χ1v) is 8.62. The van der Waals surface area contributed by atoms with Gasteiger partial charge in [0.05, 0.1) is 10.8 Å². The molecule has 0 spiro atoms. The van der Waals surface area contributed by atoms with E-state index < -0.39 is 28.0 Å². The molecule has 2 rings (SSSR count). The lowest BCUT2D eigenvalue weighted by Crippen LogP contribution is -2.45. The fourth-order valence-corrected chi connectivity index (χ4v) is 4.47. The SMILES string of the molecule is Cc1ccc(S(=O)(=O)NC2CCCCC2C(=O)O)c(C)c1. The van der Waals surface area contributed by atoms with Crippen molar-refractivity contribution in [2.24, 2.45) is 5.92 Å². The highest BCUT2D eigenvalue weighted by Gasteiger charge is 2.34. The van der Waals surface area contributed by atoms with Crippen molar-refractivity contribution < 1.29 is 18.3 Å². The van der Waals surface area contributed by atoms with E-state index in [1.807, 2.05) is 13.0 Å². The molecule has 0 aromatic heterocycles. The van der Waals surface area contributed by atoms with Gasteiger partial charge >= 0.3 is 5.97 Å². The minimum absolute atomic E-state index is 0.225. The number of aryl methyl sites for hydroxylation is 2. The first kappa shape index (κ1) is 16.0. The standard InChI is InChI=1S/C15H21NO4S/c1-10-7-8-14(11(2)9-10)21(19,20)16-13-6-4-3-5-12(13)15(17)18/h7-9,12-13,16H,3-6H2,1-2H3,(H,17,18). The van der Waals surface area contributed by atoms with Crippen LogP contribution in [-0.4, -0.2) is 25.5 Å². The third kappa shape index (κ3) is 3.63. The Morgan fingerprint density at radius 2 is 1.90 bits per heavy atom. The largest absolute Gasteiger partial charge is 0.481 e. The highest BCUT2D eigenvalue weighted by molar-refractivity contribution is 7.89. The molecule has 2 unspecified atom stereocenters. The molecule has 116 valence electrons. The van der Waals surface area contributed by atoms with E-state index in [9.17, 15) is 18.3 Å². The Bertz CT molecular complexity index is 639. The summed E-state index contributed by atoms with van der Waals surface area (Å²) < 4.78 is 27.6. The van der Waals surface area contributed by atoms with E-state index in [0.29, 0.717) is 18.4 Å². The molecule has 1 aliphatic carbocycles.